The number of piperazine rings is 1. The lowest BCUT2D eigenvalue weighted by atomic mass is 9.90. The van der Waals surface area contributed by atoms with Crippen LogP contribution >= 0.6 is 0 Å². The lowest BCUT2D eigenvalue weighted by molar-refractivity contribution is 0.0688. The van der Waals surface area contributed by atoms with Gasteiger partial charge in [0.15, 0.2) is 0 Å². The van der Waals surface area contributed by atoms with Gasteiger partial charge in [0, 0.05) is 43.2 Å². The highest BCUT2D eigenvalue weighted by molar-refractivity contribution is 5.38. The summed E-state index contributed by atoms with van der Waals surface area (Å²) in [5, 5.41) is 3.52. The van der Waals surface area contributed by atoms with Crippen molar-refractivity contribution in [2.24, 2.45) is 5.92 Å². The Morgan fingerprint density at radius 2 is 2.11 bits per heavy atom. The number of hydrogen-bond donors (Lipinski definition) is 1. The zero-order valence-electron chi connectivity index (χ0n) is 11.2. The molecule has 3 nitrogen and oxygen atoms in total. The van der Waals surface area contributed by atoms with Crippen molar-refractivity contribution in [2.45, 2.75) is 25.9 Å². The molecule has 0 amide bonds. The minimum atomic E-state index is 0.513. The first-order chi connectivity index (χ1) is 8.75. The van der Waals surface area contributed by atoms with E-state index in [1.807, 2.05) is 0 Å². The van der Waals surface area contributed by atoms with Gasteiger partial charge >= 0.3 is 0 Å². The van der Waals surface area contributed by atoms with Crippen molar-refractivity contribution in [3.8, 4) is 5.75 Å². The van der Waals surface area contributed by atoms with Crippen molar-refractivity contribution in [3.05, 3.63) is 29.8 Å². The third-order valence-corrected chi connectivity index (χ3v) is 4.07. The second-order valence-corrected chi connectivity index (χ2v) is 5.62. The van der Waals surface area contributed by atoms with Crippen LogP contribution in [0.5, 0.6) is 5.75 Å². The molecule has 2 aliphatic heterocycles. The minimum Gasteiger partial charge on any atom is -0.493 e. The minimum absolute atomic E-state index is 0.513. The molecule has 1 fully saturated rings. The van der Waals surface area contributed by atoms with Gasteiger partial charge in [0.05, 0.1) is 6.61 Å². The fourth-order valence-corrected chi connectivity index (χ4v) is 3.25. The van der Waals surface area contributed by atoms with Crippen LogP contribution in [0.4, 0.5) is 0 Å². The molecule has 0 spiro atoms. The summed E-state index contributed by atoms with van der Waals surface area (Å²) < 4.78 is 5.84. The summed E-state index contributed by atoms with van der Waals surface area (Å²) in [4.78, 5) is 2.62. The summed E-state index contributed by atoms with van der Waals surface area (Å²) in [5.74, 6) is 1.64. The third-order valence-electron chi connectivity index (χ3n) is 4.07. The van der Waals surface area contributed by atoms with E-state index in [1.165, 1.54) is 5.56 Å². The molecule has 3 atom stereocenters. The molecule has 0 aliphatic carbocycles. The van der Waals surface area contributed by atoms with Crippen molar-refractivity contribution in [3.63, 3.8) is 0 Å². The molecular weight excluding hydrogens is 224 g/mol. The molecule has 98 valence electrons. The van der Waals surface area contributed by atoms with Crippen LogP contribution in [-0.4, -0.2) is 37.2 Å². The van der Waals surface area contributed by atoms with Crippen molar-refractivity contribution in [1.82, 2.24) is 10.2 Å². The van der Waals surface area contributed by atoms with Crippen LogP contribution in [0.15, 0.2) is 24.3 Å². The Labute approximate surface area is 109 Å². The standard InChI is InChI=1S/C15H22N2O/c1-11-10-18-14-6-4-3-5-13(14)15(11)17-8-7-16-12(2)9-17/h3-6,11-12,15-16H,7-10H2,1-2H3. The molecule has 3 unspecified atom stereocenters. The summed E-state index contributed by atoms with van der Waals surface area (Å²) in [7, 11) is 0. The number of para-hydroxylation sites is 1. The summed E-state index contributed by atoms with van der Waals surface area (Å²) in [6.45, 7) is 8.75. The third kappa shape index (κ3) is 2.13. The maximum absolute atomic E-state index is 5.84. The van der Waals surface area contributed by atoms with E-state index in [2.05, 4.69) is 48.3 Å². The van der Waals surface area contributed by atoms with E-state index in [4.69, 9.17) is 4.74 Å². The molecule has 0 aromatic heterocycles. The van der Waals surface area contributed by atoms with Crippen molar-refractivity contribution < 1.29 is 4.74 Å². The average molecular weight is 246 g/mol. The summed E-state index contributed by atoms with van der Waals surface area (Å²) in [6, 6.07) is 9.60. The van der Waals surface area contributed by atoms with Crippen molar-refractivity contribution >= 4 is 0 Å². The fourth-order valence-electron chi connectivity index (χ4n) is 3.25. The summed E-state index contributed by atoms with van der Waals surface area (Å²) >= 11 is 0. The van der Waals surface area contributed by atoms with Crippen LogP contribution in [0.3, 0.4) is 0 Å². The summed E-state index contributed by atoms with van der Waals surface area (Å²) in [5.41, 5.74) is 1.37. The number of hydrogen-bond acceptors (Lipinski definition) is 3. The van der Waals surface area contributed by atoms with Gasteiger partial charge in [-0.2, -0.15) is 0 Å². The molecule has 0 saturated carbocycles. The molecule has 2 aliphatic rings. The second kappa shape index (κ2) is 4.90. The number of fused-ring (bicyclic) bond motifs is 1. The Hall–Kier alpha value is -1.06. The zero-order chi connectivity index (χ0) is 12.5. The van der Waals surface area contributed by atoms with Crippen LogP contribution in [0.2, 0.25) is 0 Å². The molecule has 2 heterocycles. The van der Waals surface area contributed by atoms with Crippen molar-refractivity contribution in [1.29, 1.82) is 0 Å². The van der Waals surface area contributed by atoms with Crippen molar-refractivity contribution in [2.75, 3.05) is 26.2 Å². The molecule has 1 saturated heterocycles. The van der Waals surface area contributed by atoms with E-state index in [9.17, 15) is 0 Å². The lowest BCUT2D eigenvalue weighted by Gasteiger charge is -2.43. The van der Waals surface area contributed by atoms with Crippen LogP contribution in [0.1, 0.15) is 25.5 Å². The highest BCUT2D eigenvalue weighted by Crippen LogP contribution is 2.39. The van der Waals surface area contributed by atoms with Gasteiger partial charge in [-0.1, -0.05) is 25.1 Å². The zero-order valence-corrected chi connectivity index (χ0v) is 11.2. The molecule has 0 radical (unpaired) electrons. The van der Waals surface area contributed by atoms with Crippen LogP contribution < -0.4 is 10.1 Å². The molecule has 18 heavy (non-hydrogen) atoms. The smallest absolute Gasteiger partial charge is 0.124 e. The second-order valence-electron chi connectivity index (χ2n) is 5.62. The van der Waals surface area contributed by atoms with Crippen LogP contribution in [-0.2, 0) is 0 Å². The Morgan fingerprint density at radius 1 is 1.28 bits per heavy atom. The molecule has 1 aromatic carbocycles. The topological polar surface area (TPSA) is 24.5 Å². The van der Waals surface area contributed by atoms with E-state index < -0.39 is 0 Å². The van der Waals surface area contributed by atoms with Gasteiger partial charge in [0.25, 0.3) is 0 Å². The van der Waals surface area contributed by atoms with Crippen LogP contribution in [0.25, 0.3) is 0 Å². The largest absolute Gasteiger partial charge is 0.493 e. The molecule has 1 N–H and O–H groups in total. The maximum atomic E-state index is 5.84. The van der Waals surface area contributed by atoms with Gasteiger partial charge in [0.1, 0.15) is 5.75 Å². The maximum Gasteiger partial charge on any atom is 0.124 e. The number of benzene rings is 1. The Morgan fingerprint density at radius 3 is 2.94 bits per heavy atom. The molecule has 0 bridgehead atoms. The molecule has 3 rings (SSSR count). The van der Waals surface area contributed by atoms with Gasteiger partial charge in [-0.25, -0.2) is 0 Å². The SMILES string of the molecule is CC1CN(C2c3ccccc3OCC2C)CCN1. The normalized spacial score (nSPS) is 32.7. The fraction of sp³-hybridized carbons (Fsp3) is 0.600. The lowest BCUT2D eigenvalue weighted by Crippen LogP contribution is -2.52. The van der Waals surface area contributed by atoms with Gasteiger partial charge in [-0.15, -0.1) is 0 Å². The number of nitrogens with one attached hydrogen (secondary N) is 1. The monoisotopic (exact) mass is 246 g/mol. The molecular formula is C15H22N2O. The Balaban J connectivity index is 1.90. The molecule has 3 heteroatoms. The van der Waals surface area contributed by atoms with Gasteiger partial charge in [-0.05, 0) is 13.0 Å². The first-order valence-electron chi connectivity index (χ1n) is 6.95. The molecule has 1 aromatic rings. The van der Waals surface area contributed by atoms with E-state index in [0.29, 0.717) is 18.0 Å². The van der Waals surface area contributed by atoms with Gasteiger partial charge in [0.2, 0.25) is 0 Å². The Bertz CT molecular complexity index is 421. The first-order valence-corrected chi connectivity index (χ1v) is 6.95. The average Bonchev–Trinajstić information content (AvgIpc) is 2.38. The highest BCUT2D eigenvalue weighted by Gasteiger charge is 2.34. The summed E-state index contributed by atoms with van der Waals surface area (Å²) in [6.07, 6.45) is 0. The van der Waals surface area contributed by atoms with E-state index >= 15 is 0 Å². The predicted molar refractivity (Wildman–Crippen MR) is 72.9 cm³/mol. The highest BCUT2D eigenvalue weighted by atomic mass is 16.5. The van der Waals surface area contributed by atoms with Crippen LogP contribution in [0, 0.1) is 5.92 Å². The number of ether oxygens (including phenoxy) is 1. The van der Waals surface area contributed by atoms with Gasteiger partial charge in [-0.3, -0.25) is 4.90 Å². The predicted octanol–water partition coefficient (Wildman–Crippen LogP) is 2.05. The van der Waals surface area contributed by atoms with E-state index in [-0.39, 0.29) is 0 Å². The first kappa shape index (κ1) is 12.0. The van der Waals surface area contributed by atoms with Gasteiger partial charge < -0.3 is 10.1 Å². The number of nitrogens with zero attached hydrogens (tertiary/aromatic N) is 1. The van der Waals surface area contributed by atoms with E-state index in [1.54, 1.807) is 0 Å². The number of rotatable bonds is 1. The Kier molecular flexibility index (Phi) is 3.27. The quantitative estimate of drug-likeness (QED) is 0.821. The van der Waals surface area contributed by atoms with E-state index in [0.717, 1.165) is 32.0 Å².